The standard InChI is InChI=1S/C8H18N2O3S/c1-8-4-6-10(7-5-8)14(11,12)9(2)13-3/h8H,4-7H2,1-3H3. The summed E-state index contributed by atoms with van der Waals surface area (Å²) >= 11 is 0. The topological polar surface area (TPSA) is 49.9 Å². The van der Waals surface area contributed by atoms with Crippen molar-refractivity contribution in [2.45, 2.75) is 19.8 Å². The lowest BCUT2D eigenvalue weighted by atomic mass is 10.0. The SMILES string of the molecule is CON(C)S(=O)(=O)N1CCC(C)CC1. The van der Waals surface area contributed by atoms with E-state index in [1.165, 1.54) is 18.5 Å². The fourth-order valence-corrected chi connectivity index (χ4v) is 2.66. The van der Waals surface area contributed by atoms with Crippen LogP contribution in [0.3, 0.4) is 0 Å². The average Bonchev–Trinajstić information content (AvgIpc) is 2.17. The molecule has 84 valence electrons. The van der Waals surface area contributed by atoms with Crippen molar-refractivity contribution < 1.29 is 13.3 Å². The molecule has 1 fully saturated rings. The predicted octanol–water partition coefficient (Wildman–Crippen LogP) is 0.456. The molecule has 0 N–H and O–H groups in total. The Balaban J connectivity index is 2.65. The Kier molecular flexibility index (Phi) is 3.88. The number of rotatable bonds is 3. The summed E-state index contributed by atoms with van der Waals surface area (Å²) in [6.45, 7) is 3.33. The molecular formula is C8H18N2O3S. The van der Waals surface area contributed by atoms with Crippen LogP contribution in [-0.4, -0.2) is 44.4 Å². The van der Waals surface area contributed by atoms with Crippen molar-refractivity contribution in [1.82, 2.24) is 8.77 Å². The molecular weight excluding hydrogens is 204 g/mol. The number of hydrogen-bond donors (Lipinski definition) is 0. The first-order valence-corrected chi connectivity index (χ1v) is 6.16. The van der Waals surface area contributed by atoms with Gasteiger partial charge in [-0.25, -0.2) is 0 Å². The Morgan fingerprint density at radius 2 is 1.86 bits per heavy atom. The van der Waals surface area contributed by atoms with Gasteiger partial charge in [-0.05, 0) is 18.8 Å². The smallest absolute Gasteiger partial charge is 0.287 e. The highest BCUT2D eigenvalue weighted by Crippen LogP contribution is 2.19. The molecule has 1 saturated heterocycles. The van der Waals surface area contributed by atoms with Crippen LogP contribution in [-0.2, 0) is 15.0 Å². The van der Waals surface area contributed by atoms with Crippen molar-refractivity contribution in [3.8, 4) is 0 Å². The Morgan fingerprint density at radius 3 is 2.29 bits per heavy atom. The molecule has 0 spiro atoms. The maximum absolute atomic E-state index is 11.8. The molecule has 0 radical (unpaired) electrons. The zero-order chi connectivity index (χ0) is 10.8. The Bertz CT molecular complexity index is 270. The molecule has 0 saturated carbocycles. The summed E-state index contributed by atoms with van der Waals surface area (Å²) in [5, 5.41) is 0. The molecule has 14 heavy (non-hydrogen) atoms. The number of piperidine rings is 1. The van der Waals surface area contributed by atoms with Gasteiger partial charge in [0.2, 0.25) is 0 Å². The second-order valence-corrected chi connectivity index (χ2v) is 5.61. The minimum atomic E-state index is -3.39. The summed E-state index contributed by atoms with van der Waals surface area (Å²) in [5.74, 6) is 0.620. The molecule has 6 heteroatoms. The summed E-state index contributed by atoms with van der Waals surface area (Å²) in [4.78, 5) is 4.70. The molecule has 0 atom stereocenters. The van der Waals surface area contributed by atoms with Crippen LogP contribution in [0.15, 0.2) is 0 Å². The van der Waals surface area contributed by atoms with Crippen molar-refractivity contribution in [2.24, 2.45) is 5.92 Å². The van der Waals surface area contributed by atoms with Gasteiger partial charge in [-0.15, -0.1) is 0 Å². The molecule has 0 bridgehead atoms. The van der Waals surface area contributed by atoms with Crippen LogP contribution in [0.4, 0.5) is 0 Å². The van der Waals surface area contributed by atoms with Crippen LogP contribution in [0, 0.1) is 5.92 Å². The van der Waals surface area contributed by atoms with Gasteiger partial charge in [0.05, 0.1) is 7.11 Å². The van der Waals surface area contributed by atoms with E-state index in [4.69, 9.17) is 4.84 Å². The van der Waals surface area contributed by atoms with Gasteiger partial charge in [-0.1, -0.05) is 11.4 Å². The fourth-order valence-electron chi connectivity index (χ4n) is 1.47. The van der Waals surface area contributed by atoms with E-state index in [2.05, 4.69) is 6.92 Å². The molecule has 0 aromatic carbocycles. The third kappa shape index (κ3) is 2.44. The normalized spacial score (nSPS) is 21.7. The largest absolute Gasteiger partial charge is 0.303 e. The summed E-state index contributed by atoms with van der Waals surface area (Å²) in [6, 6.07) is 0. The highest BCUT2D eigenvalue weighted by Gasteiger charge is 2.29. The Labute approximate surface area is 85.8 Å². The van der Waals surface area contributed by atoms with E-state index in [0.29, 0.717) is 19.0 Å². The van der Waals surface area contributed by atoms with Gasteiger partial charge in [0, 0.05) is 20.1 Å². The van der Waals surface area contributed by atoms with Crippen molar-refractivity contribution in [3.63, 3.8) is 0 Å². The lowest BCUT2D eigenvalue weighted by Crippen LogP contribution is -2.45. The van der Waals surface area contributed by atoms with Gasteiger partial charge < -0.3 is 0 Å². The summed E-state index contributed by atoms with van der Waals surface area (Å²) in [5.41, 5.74) is 0. The van der Waals surface area contributed by atoms with Gasteiger partial charge in [0.25, 0.3) is 0 Å². The van der Waals surface area contributed by atoms with Crippen LogP contribution < -0.4 is 0 Å². The second kappa shape index (κ2) is 4.57. The lowest BCUT2D eigenvalue weighted by molar-refractivity contribution is -0.0325. The molecule has 0 aromatic heterocycles. The summed E-state index contributed by atoms with van der Waals surface area (Å²) in [6.07, 6.45) is 1.85. The van der Waals surface area contributed by atoms with E-state index in [9.17, 15) is 8.42 Å². The van der Waals surface area contributed by atoms with Crippen LogP contribution in [0.25, 0.3) is 0 Å². The molecule has 0 aliphatic carbocycles. The first kappa shape index (κ1) is 11.9. The Hall–Kier alpha value is -0.170. The molecule has 1 heterocycles. The lowest BCUT2D eigenvalue weighted by Gasteiger charge is -2.31. The van der Waals surface area contributed by atoms with Gasteiger partial charge in [-0.2, -0.15) is 12.7 Å². The second-order valence-electron chi connectivity index (χ2n) is 3.68. The van der Waals surface area contributed by atoms with Crippen LogP contribution in [0.2, 0.25) is 0 Å². The van der Waals surface area contributed by atoms with Gasteiger partial charge in [0.15, 0.2) is 0 Å². The number of nitrogens with zero attached hydrogens (tertiary/aromatic N) is 2. The average molecular weight is 222 g/mol. The zero-order valence-electron chi connectivity index (χ0n) is 8.93. The first-order valence-electron chi connectivity index (χ1n) is 4.76. The van der Waals surface area contributed by atoms with E-state index in [-0.39, 0.29) is 0 Å². The molecule has 5 nitrogen and oxygen atoms in total. The molecule has 0 unspecified atom stereocenters. The fraction of sp³-hybridized carbons (Fsp3) is 1.00. The predicted molar refractivity (Wildman–Crippen MR) is 53.7 cm³/mol. The third-order valence-electron chi connectivity index (χ3n) is 2.65. The summed E-state index contributed by atoms with van der Waals surface area (Å²) in [7, 11) is -0.630. The highest BCUT2D eigenvalue weighted by molar-refractivity contribution is 7.86. The molecule has 0 aromatic rings. The van der Waals surface area contributed by atoms with Crippen molar-refractivity contribution >= 4 is 10.2 Å². The van der Waals surface area contributed by atoms with Crippen LogP contribution in [0.5, 0.6) is 0 Å². The Morgan fingerprint density at radius 1 is 1.36 bits per heavy atom. The maximum atomic E-state index is 11.8. The number of hydrogen-bond acceptors (Lipinski definition) is 3. The molecule has 1 aliphatic rings. The van der Waals surface area contributed by atoms with E-state index >= 15 is 0 Å². The number of hydroxylamine groups is 1. The molecule has 1 aliphatic heterocycles. The zero-order valence-corrected chi connectivity index (χ0v) is 9.75. The van der Waals surface area contributed by atoms with Crippen molar-refractivity contribution in [3.05, 3.63) is 0 Å². The maximum Gasteiger partial charge on any atom is 0.303 e. The van der Waals surface area contributed by atoms with Gasteiger partial charge >= 0.3 is 10.2 Å². The minimum Gasteiger partial charge on any atom is -0.287 e. The van der Waals surface area contributed by atoms with E-state index in [0.717, 1.165) is 17.3 Å². The highest BCUT2D eigenvalue weighted by atomic mass is 32.2. The monoisotopic (exact) mass is 222 g/mol. The van der Waals surface area contributed by atoms with E-state index < -0.39 is 10.2 Å². The molecule has 0 amide bonds. The van der Waals surface area contributed by atoms with Crippen molar-refractivity contribution in [2.75, 3.05) is 27.2 Å². The van der Waals surface area contributed by atoms with Gasteiger partial charge in [-0.3, -0.25) is 4.84 Å². The third-order valence-corrected chi connectivity index (χ3v) is 4.47. The van der Waals surface area contributed by atoms with Gasteiger partial charge in [0.1, 0.15) is 0 Å². The van der Waals surface area contributed by atoms with Crippen LogP contribution in [0.1, 0.15) is 19.8 Å². The van der Waals surface area contributed by atoms with E-state index in [1.807, 2.05) is 0 Å². The van der Waals surface area contributed by atoms with E-state index in [1.54, 1.807) is 0 Å². The quantitative estimate of drug-likeness (QED) is 0.652. The summed E-state index contributed by atoms with van der Waals surface area (Å²) < 4.78 is 25.9. The van der Waals surface area contributed by atoms with Crippen molar-refractivity contribution in [1.29, 1.82) is 0 Å². The minimum absolute atomic E-state index is 0.594. The van der Waals surface area contributed by atoms with Crippen LogP contribution >= 0.6 is 0 Å². The molecule has 1 rings (SSSR count). The first-order chi connectivity index (χ1) is 6.48.